The fraction of sp³-hybridized carbons (Fsp3) is 0.400. The van der Waals surface area contributed by atoms with Crippen LogP contribution < -0.4 is 10.2 Å². The maximum Gasteiger partial charge on any atom is 0.225 e. The number of rotatable bonds is 5. The molecule has 0 radical (unpaired) electrons. The Morgan fingerprint density at radius 2 is 2.26 bits per heavy atom. The molecule has 1 saturated heterocycles. The average molecular weight is 382 g/mol. The number of amides is 1. The summed E-state index contributed by atoms with van der Waals surface area (Å²) in [6, 6.07) is 7.93. The van der Waals surface area contributed by atoms with Gasteiger partial charge in [0.25, 0.3) is 0 Å². The Morgan fingerprint density at radius 3 is 3.07 bits per heavy atom. The first-order chi connectivity index (χ1) is 13.2. The Bertz CT molecular complexity index is 927. The second-order valence-electron chi connectivity index (χ2n) is 6.81. The molecule has 0 unspecified atom stereocenters. The summed E-state index contributed by atoms with van der Waals surface area (Å²) in [5.74, 6) is 1.02. The normalized spacial score (nSPS) is 17.2. The zero-order chi connectivity index (χ0) is 18.6. The maximum absolute atomic E-state index is 12.7. The highest BCUT2D eigenvalue weighted by atomic mass is 32.1. The van der Waals surface area contributed by atoms with E-state index in [0.29, 0.717) is 13.1 Å². The van der Waals surface area contributed by atoms with Crippen molar-refractivity contribution in [3.63, 3.8) is 0 Å². The van der Waals surface area contributed by atoms with Gasteiger partial charge in [0.15, 0.2) is 0 Å². The Kier molecular flexibility index (Phi) is 5.29. The molecule has 1 atom stereocenters. The van der Waals surface area contributed by atoms with Crippen LogP contribution in [0.3, 0.4) is 0 Å². The lowest BCUT2D eigenvalue weighted by Gasteiger charge is -2.33. The van der Waals surface area contributed by atoms with E-state index >= 15 is 0 Å². The van der Waals surface area contributed by atoms with Crippen LogP contribution >= 0.6 is 11.3 Å². The van der Waals surface area contributed by atoms with Gasteiger partial charge in [-0.1, -0.05) is 13.0 Å². The lowest BCUT2D eigenvalue weighted by molar-refractivity contribution is -0.125. The SMILES string of the molecule is CCc1cc2c(N3CCC[C@H](C(=O)NCc4ccccn4)C3)ncnc2s1. The Balaban J connectivity index is 1.46. The molecule has 1 aliphatic heterocycles. The number of piperidine rings is 1. The van der Waals surface area contributed by atoms with Crippen LogP contribution in [-0.2, 0) is 17.8 Å². The molecule has 3 aromatic heterocycles. The molecule has 6 nitrogen and oxygen atoms in total. The fourth-order valence-electron chi connectivity index (χ4n) is 3.53. The highest BCUT2D eigenvalue weighted by molar-refractivity contribution is 7.18. The standard InChI is InChI=1S/C20H23N5OS/c1-2-16-10-17-18(23-13-24-20(17)27-16)25-9-5-6-14(12-25)19(26)22-11-15-7-3-4-8-21-15/h3-4,7-8,10,13-14H,2,5-6,9,11-12H2,1H3,(H,22,26)/t14-/m0/s1. The molecule has 0 aliphatic carbocycles. The number of aryl methyl sites for hydroxylation is 1. The second-order valence-corrected chi connectivity index (χ2v) is 7.92. The topological polar surface area (TPSA) is 71.0 Å². The number of hydrogen-bond donors (Lipinski definition) is 1. The summed E-state index contributed by atoms with van der Waals surface area (Å²) in [4.78, 5) is 30.5. The van der Waals surface area contributed by atoms with E-state index in [4.69, 9.17) is 0 Å². The van der Waals surface area contributed by atoms with E-state index in [0.717, 1.165) is 47.5 Å². The molecule has 1 N–H and O–H groups in total. The van der Waals surface area contributed by atoms with E-state index < -0.39 is 0 Å². The number of carbonyl (C=O) groups excluding carboxylic acids is 1. The van der Waals surface area contributed by atoms with E-state index in [-0.39, 0.29) is 11.8 Å². The summed E-state index contributed by atoms with van der Waals surface area (Å²) in [6.07, 6.45) is 6.27. The first-order valence-electron chi connectivity index (χ1n) is 9.40. The van der Waals surface area contributed by atoms with Crippen LogP contribution in [0.15, 0.2) is 36.8 Å². The first kappa shape index (κ1) is 17.9. The zero-order valence-electron chi connectivity index (χ0n) is 15.4. The molecule has 1 amide bonds. The smallest absolute Gasteiger partial charge is 0.225 e. The third-order valence-electron chi connectivity index (χ3n) is 4.97. The maximum atomic E-state index is 12.7. The van der Waals surface area contributed by atoms with Crippen molar-refractivity contribution in [3.8, 4) is 0 Å². The Morgan fingerprint density at radius 1 is 1.33 bits per heavy atom. The van der Waals surface area contributed by atoms with Gasteiger partial charge in [-0.15, -0.1) is 11.3 Å². The molecule has 4 rings (SSSR count). The number of nitrogens with zero attached hydrogens (tertiary/aromatic N) is 4. The van der Waals surface area contributed by atoms with Gasteiger partial charge in [0.1, 0.15) is 17.0 Å². The fourth-order valence-corrected chi connectivity index (χ4v) is 4.46. The number of thiophene rings is 1. The highest BCUT2D eigenvalue weighted by Gasteiger charge is 2.27. The van der Waals surface area contributed by atoms with Crippen LogP contribution in [-0.4, -0.2) is 33.9 Å². The summed E-state index contributed by atoms with van der Waals surface area (Å²) >= 11 is 1.72. The molecule has 0 aromatic carbocycles. The summed E-state index contributed by atoms with van der Waals surface area (Å²) in [7, 11) is 0. The molecule has 1 aliphatic rings. The third-order valence-corrected chi connectivity index (χ3v) is 6.16. The van der Waals surface area contributed by atoms with Crippen molar-refractivity contribution in [1.29, 1.82) is 0 Å². The summed E-state index contributed by atoms with van der Waals surface area (Å²) in [5, 5.41) is 4.14. The monoisotopic (exact) mass is 381 g/mol. The van der Waals surface area contributed by atoms with Crippen molar-refractivity contribution in [2.45, 2.75) is 32.7 Å². The molecule has 0 saturated carbocycles. The van der Waals surface area contributed by atoms with Gasteiger partial charge >= 0.3 is 0 Å². The number of carbonyl (C=O) groups is 1. The molecule has 0 bridgehead atoms. The summed E-state index contributed by atoms with van der Waals surface area (Å²) in [6.45, 7) is 4.24. The van der Waals surface area contributed by atoms with Crippen molar-refractivity contribution in [2.75, 3.05) is 18.0 Å². The molecule has 0 spiro atoms. The second kappa shape index (κ2) is 8.00. The van der Waals surface area contributed by atoms with Crippen LogP contribution in [0.1, 0.15) is 30.3 Å². The van der Waals surface area contributed by atoms with Crippen LogP contribution in [0.5, 0.6) is 0 Å². The minimum Gasteiger partial charge on any atom is -0.355 e. The van der Waals surface area contributed by atoms with Crippen molar-refractivity contribution in [2.24, 2.45) is 5.92 Å². The van der Waals surface area contributed by atoms with Gasteiger partial charge in [0, 0.05) is 24.2 Å². The number of fused-ring (bicyclic) bond motifs is 1. The van der Waals surface area contributed by atoms with Gasteiger partial charge in [-0.2, -0.15) is 0 Å². The van der Waals surface area contributed by atoms with Gasteiger partial charge < -0.3 is 10.2 Å². The van der Waals surface area contributed by atoms with Gasteiger partial charge in [-0.3, -0.25) is 9.78 Å². The number of anilines is 1. The van der Waals surface area contributed by atoms with Gasteiger partial charge in [-0.25, -0.2) is 9.97 Å². The van der Waals surface area contributed by atoms with Gasteiger partial charge in [0.05, 0.1) is 23.5 Å². The van der Waals surface area contributed by atoms with Crippen LogP contribution in [0.4, 0.5) is 5.82 Å². The van der Waals surface area contributed by atoms with Crippen molar-refractivity contribution in [3.05, 3.63) is 47.4 Å². The number of hydrogen-bond acceptors (Lipinski definition) is 6. The predicted molar refractivity (Wildman–Crippen MR) is 108 cm³/mol. The minimum atomic E-state index is -0.0308. The molecule has 7 heteroatoms. The van der Waals surface area contributed by atoms with Crippen LogP contribution in [0, 0.1) is 5.92 Å². The lowest BCUT2D eigenvalue weighted by Crippen LogP contribution is -2.43. The number of pyridine rings is 1. The number of aromatic nitrogens is 3. The lowest BCUT2D eigenvalue weighted by atomic mass is 9.97. The van der Waals surface area contributed by atoms with E-state index in [2.05, 4.69) is 38.2 Å². The van der Waals surface area contributed by atoms with E-state index in [1.807, 2.05) is 18.2 Å². The first-order valence-corrected chi connectivity index (χ1v) is 10.2. The van der Waals surface area contributed by atoms with E-state index in [1.165, 1.54) is 4.88 Å². The quantitative estimate of drug-likeness (QED) is 0.735. The van der Waals surface area contributed by atoms with Crippen molar-refractivity contribution in [1.82, 2.24) is 20.3 Å². The largest absolute Gasteiger partial charge is 0.355 e. The Labute approximate surface area is 162 Å². The molecule has 27 heavy (non-hydrogen) atoms. The summed E-state index contributed by atoms with van der Waals surface area (Å²) in [5.41, 5.74) is 0.876. The Hall–Kier alpha value is -2.54. The molecular weight excluding hydrogens is 358 g/mol. The zero-order valence-corrected chi connectivity index (χ0v) is 16.2. The third kappa shape index (κ3) is 3.93. The van der Waals surface area contributed by atoms with Crippen molar-refractivity contribution >= 4 is 33.3 Å². The molecular formula is C20H23N5OS. The average Bonchev–Trinajstić information content (AvgIpc) is 3.16. The number of nitrogens with one attached hydrogen (secondary N) is 1. The molecule has 3 aromatic rings. The predicted octanol–water partition coefficient (Wildman–Crippen LogP) is 3.18. The highest BCUT2D eigenvalue weighted by Crippen LogP contribution is 2.32. The van der Waals surface area contributed by atoms with Crippen molar-refractivity contribution < 1.29 is 4.79 Å². The molecule has 1 fully saturated rings. The van der Waals surface area contributed by atoms with E-state index in [9.17, 15) is 4.79 Å². The minimum absolute atomic E-state index is 0.0308. The van der Waals surface area contributed by atoms with Gasteiger partial charge in [0.2, 0.25) is 5.91 Å². The van der Waals surface area contributed by atoms with Gasteiger partial charge in [-0.05, 0) is 37.5 Å². The molecule has 4 heterocycles. The summed E-state index contributed by atoms with van der Waals surface area (Å²) < 4.78 is 0. The van der Waals surface area contributed by atoms with E-state index in [1.54, 1.807) is 23.9 Å². The van der Waals surface area contributed by atoms with Crippen LogP contribution in [0.25, 0.3) is 10.2 Å². The molecule has 140 valence electrons. The van der Waals surface area contributed by atoms with Crippen LogP contribution in [0.2, 0.25) is 0 Å².